The first-order valence-electron chi connectivity index (χ1n) is 7.14. The minimum Gasteiger partial charge on any atom is -0.384 e. The number of carbonyl (C=O) groups excluding carboxylic acids is 1. The summed E-state index contributed by atoms with van der Waals surface area (Å²) in [4.78, 5) is 15.3. The molecule has 0 fully saturated rings. The first-order chi connectivity index (χ1) is 9.97. The van der Waals surface area contributed by atoms with Crippen LogP contribution in [0.5, 0.6) is 0 Å². The largest absolute Gasteiger partial charge is 0.384 e. The second-order valence-electron chi connectivity index (χ2n) is 6.40. The highest BCUT2D eigenvalue weighted by atomic mass is 32.3. The van der Waals surface area contributed by atoms with Crippen molar-refractivity contribution >= 4 is 22.0 Å². The van der Waals surface area contributed by atoms with E-state index >= 15 is 0 Å². The Balaban J connectivity index is 0.000000472. The van der Waals surface area contributed by atoms with Gasteiger partial charge in [0.2, 0.25) is 5.91 Å². The average Bonchev–Trinajstić information content (AvgIpc) is 2.37. The fraction of sp³-hybridized carbons (Fsp3) is 0.625. The van der Waals surface area contributed by atoms with Crippen molar-refractivity contribution in [2.75, 3.05) is 31.5 Å². The number of methoxy groups -OCH3 is 1. The molecule has 128 valence electrons. The van der Waals surface area contributed by atoms with Crippen LogP contribution in [0.3, 0.4) is 0 Å². The van der Waals surface area contributed by atoms with Crippen molar-refractivity contribution in [3.8, 4) is 0 Å². The van der Waals surface area contributed by atoms with Gasteiger partial charge >= 0.3 is 0 Å². The van der Waals surface area contributed by atoms with E-state index in [4.69, 9.17) is 4.74 Å². The summed E-state index contributed by atoms with van der Waals surface area (Å²) in [6.45, 7) is 8.55. The molecule has 0 aromatic carbocycles. The third-order valence-corrected chi connectivity index (χ3v) is 6.21. The summed E-state index contributed by atoms with van der Waals surface area (Å²) in [6.07, 6.45) is 5.89. The minimum atomic E-state index is -1.34. The van der Waals surface area contributed by atoms with Crippen molar-refractivity contribution in [2.45, 2.75) is 38.9 Å². The SMILES string of the molecule is CC(C)(C)S(C)(C)O.COCCC(=O)Nc1ccc(C)cn1. The van der Waals surface area contributed by atoms with Crippen LogP contribution in [0.25, 0.3) is 0 Å². The van der Waals surface area contributed by atoms with E-state index in [1.807, 2.05) is 25.5 Å². The highest BCUT2D eigenvalue weighted by Crippen LogP contribution is 2.48. The smallest absolute Gasteiger partial charge is 0.227 e. The van der Waals surface area contributed by atoms with Crippen molar-refractivity contribution < 1.29 is 14.1 Å². The fourth-order valence-corrected chi connectivity index (χ4v) is 0.942. The van der Waals surface area contributed by atoms with Crippen LogP contribution in [0.15, 0.2) is 18.3 Å². The third-order valence-electron chi connectivity index (χ3n) is 3.21. The normalized spacial score (nSPS) is 12.2. The fourth-order valence-electron chi connectivity index (χ4n) is 0.942. The number of aryl methyl sites for hydroxylation is 1. The van der Waals surface area contributed by atoms with Crippen LogP contribution in [-0.2, 0) is 9.53 Å². The van der Waals surface area contributed by atoms with Gasteiger partial charge in [0.15, 0.2) is 0 Å². The Bertz CT molecular complexity index is 436. The molecule has 1 aromatic heterocycles. The van der Waals surface area contributed by atoms with Gasteiger partial charge in [0.05, 0.1) is 13.0 Å². The first-order valence-corrected chi connectivity index (χ1v) is 9.55. The Morgan fingerprint density at radius 3 is 2.27 bits per heavy atom. The number of hydrogen-bond acceptors (Lipinski definition) is 4. The Labute approximate surface area is 136 Å². The zero-order valence-corrected chi connectivity index (χ0v) is 15.6. The van der Waals surface area contributed by atoms with Crippen molar-refractivity contribution in [1.29, 1.82) is 0 Å². The average molecular weight is 330 g/mol. The molecular formula is C16H30N2O3S. The molecule has 1 amide bonds. The number of carbonyl (C=O) groups is 1. The molecule has 0 saturated carbocycles. The van der Waals surface area contributed by atoms with Crippen LogP contribution in [0.1, 0.15) is 32.8 Å². The number of nitrogens with one attached hydrogen (secondary N) is 1. The van der Waals surface area contributed by atoms with Gasteiger partial charge in [-0.2, -0.15) is 0 Å². The highest BCUT2D eigenvalue weighted by molar-refractivity contribution is 8.29. The number of ether oxygens (including phenoxy) is 1. The molecule has 0 bridgehead atoms. The van der Waals surface area contributed by atoms with Gasteiger partial charge in [0.25, 0.3) is 0 Å². The summed E-state index contributed by atoms with van der Waals surface area (Å²) in [5, 5.41) is 2.67. The maximum Gasteiger partial charge on any atom is 0.227 e. The van der Waals surface area contributed by atoms with E-state index in [0.29, 0.717) is 18.8 Å². The lowest BCUT2D eigenvalue weighted by Gasteiger charge is -2.38. The van der Waals surface area contributed by atoms with Crippen molar-refractivity contribution in [3.05, 3.63) is 23.9 Å². The number of rotatable bonds is 4. The lowest BCUT2D eigenvalue weighted by molar-refractivity contribution is -0.117. The van der Waals surface area contributed by atoms with E-state index < -0.39 is 10.3 Å². The Morgan fingerprint density at radius 2 is 1.91 bits per heavy atom. The predicted molar refractivity (Wildman–Crippen MR) is 95.9 cm³/mol. The summed E-state index contributed by atoms with van der Waals surface area (Å²) in [6, 6.07) is 3.68. The molecule has 1 heterocycles. The van der Waals surface area contributed by atoms with Gasteiger partial charge in [-0.25, -0.2) is 4.98 Å². The molecule has 2 N–H and O–H groups in total. The number of aromatic nitrogens is 1. The molecule has 0 aliphatic rings. The van der Waals surface area contributed by atoms with Crippen molar-refractivity contribution in [3.63, 3.8) is 0 Å². The molecule has 0 aliphatic heterocycles. The van der Waals surface area contributed by atoms with E-state index in [1.165, 1.54) is 0 Å². The van der Waals surface area contributed by atoms with E-state index in [2.05, 4.69) is 31.1 Å². The predicted octanol–water partition coefficient (Wildman–Crippen LogP) is 3.69. The molecule has 0 atom stereocenters. The van der Waals surface area contributed by atoms with Crippen molar-refractivity contribution in [2.24, 2.45) is 0 Å². The summed E-state index contributed by atoms with van der Waals surface area (Å²) < 4.78 is 14.3. The quantitative estimate of drug-likeness (QED) is 0.883. The second kappa shape index (κ2) is 9.12. The van der Waals surface area contributed by atoms with Gasteiger partial charge in [-0.1, -0.05) is 26.8 Å². The summed E-state index contributed by atoms with van der Waals surface area (Å²) >= 11 is 0. The number of nitrogens with zero attached hydrogens (tertiary/aromatic N) is 1. The molecule has 1 rings (SSSR count). The van der Waals surface area contributed by atoms with Crippen LogP contribution in [-0.4, -0.2) is 46.4 Å². The third kappa shape index (κ3) is 9.02. The number of amides is 1. The molecule has 22 heavy (non-hydrogen) atoms. The summed E-state index contributed by atoms with van der Waals surface area (Å²) in [7, 11) is 0.227. The Morgan fingerprint density at radius 1 is 1.36 bits per heavy atom. The molecule has 0 aliphatic carbocycles. The van der Waals surface area contributed by atoms with Gasteiger partial charge < -0.3 is 14.6 Å². The van der Waals surface area contributed by atoms with E-state index in [-0.39, 0.29) is 10.7 Å². The van der Waals surface area contributed by atoms with Crippen LogP contribution in [0.2, 0.25) is 0 Å². The Kier molecular flexibility index (Phi) is 8.66. The maximum atomic E-state index is 11.2. The molecule has 0 radical (unpaired) electrons. The molecule has 6 heteroatoms. The van der Waals surface area contributed by atoms with Gasteiger partial charge in [-0.3, -0.25) is 4.79 Å². The number of pyridine rings is 1. The Hall–Kier alpha value is -1.11. The lowest BCUT2D eigenvalue weighted by Crippen LogP contribution is -2.21. The molecule has 0 saturated heterocycles. The summed E-state index contributed by atoms with van der Waals surface area (Å²) in [5.41, 5.74) is 1.07. The highest BCUT2D eigenvalue weighted by Gasteiger charge is 2.24. The zero-order valence-electron chi connectivity index (χ0n) is 14.8. The monoisotopic (exact) mass is 330 g/mol. The minimum absolute atomic E-state index is 0.0764. The van der Waals surface area contributed by atoms with Gasteiger partial charge in [-0.05, 0) is 31.1 Å². The van der Waals surface area contributed by atoms with Crippen LogP contribution >= 0.6 is 10.3 Å². The summed E-state index contributed by atoms with van der Waals surface area (Å²) in [5.74, 6) is 0.500. The molecule has 0 spiro atoms. The molecule has 5 nitrogen and oxygen atoms in total. The van der Waals surface area contributed by atoms with E-state index in [9.17, 15) is 9.35 Å². The lowest BCUT2D eigenvalue weighted by atomic mass is 10.3. The molecule has 1 aromatic rings. The van der Waals surface area contributed by atoms with Crippen molar-refractivity contribution in [1.82, 2.24) is 4.98 Å². The topological polar surface area (TPSA) is 71.5 Å². The molecule has 0 unspecified atom stereocenters. The van der Waals surface area contributed by atoms with Crippen LogP contribution in [0.4, 0.5) is 5.82 Å². The van der Waals surface area contributed by atoms with Crippen LogP contribution < -0.4 is 5.32 Å². The first kappa shape index (κ1) is 20.9. The van der Waals surface area contributed by atoms with Gasteiger partial charge in [-0.15, -0.1) is 10.3 Å². The number of anilines is 1. The maximum absolute atomic E-state index is 11.2. The van der Waals surface area contributed by atoms with Gasteiger partial charge in [0.1, 0.15) is 5.82 Å². The van der Waals surface area contributed by atoms with E-state index in [1.54, 1.807) is 19.4 Å². The standard InChI is InChI=1S/C10H14N2O2.C6H16OS/c1-8-3-4-9(11-7-8)12-10(13)5-6-14-2;1-6(2,3)8(4,5)7/h3-4,7H,5-6H2,1-2H3,(H,11,12,13);7H,1-5H3. The number of hydrogen-bond donors (Lipinski definition) is 2. The molecular weight excluding hydrogens is 300 g/mol. The zero-order chi connectivity index (χ0) is 17.4. The van der Waals surface area contributed by atoms with Crippen LogP contribution in [0, 0.1) is 6.92 Å². The second-order valence-corrected chi connectivity index (χ2v) is 10.2. The van der Waals surface area contributed by atoms with Gasteiger partial charge in [0, 0.05) is 18.1 Å². The van der Waals surface area contributed by atoms with E-state index in [0.717, 1.165) is 5.56 Å².